The van der Waals surface area contributed by atoms with Gasteiger partial charge in [0.2, 0.25) is 5.91 Å². The molecule has 0 spiro atoms. The first-order chi connectivity index (χ1) is 15.5. The molecule has 1 heterocycles. The SMILES string of the molecule is O=C(CSc1nc2ccccc2n1-c1ccccc1)NNC(=O)c1cccc([N+](=O)[O-])c1. The molecule has 4 rings (SSSR count). The quantitative estimate of drug-likeness (QED) is 0.265. The maximum Gasteiger partial charge on any atom is 0.270 e. The number of carbonyl (C=O) groups excluding carboxylic acids is 2. The zero-order valence-electron chi connectivity index (χ0n) is 16.6. The highest BCUT2D eigenvalue weighted by molar-refractivity contribution is 7.99. The molecule has 0 fully saturated rings. The van der Waals surface area contributed by atoms with Gasteiger partial charge in [-0.1, -0.05) is 48.2 Å². The van der Waals surface area contributed by atoms with Crippen molar-refractivity contribution in [2.24, 2.45) is 0 Å². The summed E-state index contributed by atoms with van der Waals surface area (Å²) in [4.78, 5) is 39.4. The third-order valence-corrected chi connectivity index (χ3v) is 5.45. The molecule has 0 bridgehead atoms. The Morgan fingerprint density at radius 1 is 0.969 bits per heavy atom. The summed E-state index contributed by atoms with van der Waals surface area (Å²) in [6, 6.07) is 22.6. The molecule has 9 nitrogen and oxygen atoms in total. The smallest absolute Gasteiger partial charge is 0.270 e. The lowest BCUT2D eigenvalue weighted by Crippen LogP contribution is -2.42. The Balaban J connectivity index is 1.43. The average molecular weight is 447 g/mol. The summed E-state index contributed by atoms with van der Waals surface area (Å²) in [5.41, 5.74) is 7.10. The van der Waals surface area contributed by atoms with E-state index in [2.05, 4.69) is 15.8 Å². The number of hydrazine groups is 1. The lowest BCUT2D eigenvalue weighted by Gasteiger charge is -2.10. The van der Waals surface area contributed by atoms with Gasteiger partial charge in [-0.15, -0.1) is 0 Å². The number of aromatic nitrogens is 2. The van der Waals surface area contributed by atoms with E-state index in [1.165, 1.54) is 30.0 Å². The van der Waals surface area contributed by atoms with Crippen LogP contribution < -0.4 is 10.9 Å². The molecule has 0 aliphatic rings. The number of non-ortho nitro benzene ring substituents is 1. The van der Waals surface area contributed by atoms with Gasteiger partial charge in [-0.25, -0.2) is 4.98 Å². The number of hydrogen-bond acceptors (Lipinski definition) is 6. The Bertz CT molecular complexity index is 1310. The minimum absolute atomic E-state index is 0.00533. The number of nitrogens with one attached hydrogen (secondary N) is 2. The summed E-state index contributed by atoms with van der Waals surface area (Å²) < 4.78 is 1.97. The maximum absolute atomic E-state index is 12.3. The number of nitro groups is 1. The normalized spacial score (nSPS) is 10.6. The molecule has 10 heteroatoms. The molecular weight excluding hydrogens is 430 g/mol. The van der Waals surface area contributed by atoms with E-state index >= 15 is 0 Å². The van der Waals surface area contributed by atoms with Crippen LogP contribution in [0.1, 0.15) is 10.4 Å². The first kappa shape index (κ1) is 21.1. The van der Waals surface area contributed by atoms with Gasteiger partial charge in [0.25, 0.3) is 11.6 Å². The van der Waals surface area contributed by atoms with Gasteiger partial charge >= 0.3 is 0 Å². The molecule has 0 aliphatic heterocycles. The summed E-state index contributed by atoms with van der Waals surface area (Å²) in [5.74, 6) is -1.09. The second-order valence-electron chi connectivity index (χ2n) is 6.65. The number of rotatable bonds is 6. The van der Waals surface area contributed by atoms with Gasteiger partial charge in [-0.2, -0.15) is 0 Å². The molecule has 0 aliphatic carbocycles. The number of benzene rings is 3. The van der Waals surface area contributed by atoms with E-state index < -0.39 is 16.7 Å². The number of fused-ring (bicyclic) bond motifs is 1. The molecule has 1 aromatic heterocycles. The van der Waals surface area contributed by atoms with E-state index in [9.17, 15) is 19.7 Å². The summed E-state index contributed by atoms with van der Waals surface area (Å²) in [6.07, 6.45) is 0. The van der Waals surface area contributed by atoms with Crippen LogP contribution in [-0.4, -0.2) is 32.0 Å². The third kappa shape index (κ3) is 4.60. The number of amides is 2. The minimum Gasteiger partial charge on any atom is -0.287 e. The molecule has 2 amide bonds. The largest absolute Gasteiger partial charge is 0.287 e. The highest BCUT2D eigenvalue weighted by Crippen LogP contribution is 2.27. The lowest BCUT2D eigenvalue weighted by molar-refractivity contribution is -0.384. The Kier molecular flexibility index (Phi) is 6.13. The number of para-hydroxylation sites is 3. The van der Waals surface area contributed by atoms with Crippen LogP contribution in [0.15, 0.2) is 84.0 Å². The van der Waals surface area contributed by atoms with Gasteiger partial charge < -0.3 is 0 Å². The summed E-state index contributed by atoms with van der Waals surface area (Å²) in [7, 11) is 0. The van der Waals surface area contributed by atoms with Crippen LogP contribution in [0.3, 0.4) is 0 Å². The number of imidazole rings is 1. The predicted molar refractivity (Wildman–Crippen MR) is 120 cm³/mol. The van der Waals surface area contributed by atoms with Gasteiger partial charge in [0.1, 0.15) is 0 Å². The monoisotopic (exact) mass is 447 g/mol. The van der Waals surface area contributed by atoms with Crippen molar-refractivity contribution in [2.45, 2.75) is 5.16 Å². The van der Waals surface area contributed by atoms with Crippen molar-refractivity contribution in [1.82, 2.24) is 20.4 Å². The molecule has 0 saturated heterocycles. The molecule has 160 valence electrons. The number of thioether (sulfide) groups is 1. The second kappa shape index (κ2) is 9.31. The first-order valence-electron chi connectivity index (χ1n) is 9.52. The molecule has 0 unspecified atom stereocenters. The van der Waals surface area contributed by atoms with Crippen molar-refractivity contribution in [3.63, 3.8) is 0 Å². The van der Waals surface area contributed by atoms with Gasteiger partial charge in [0.05, 0.1) is 21.7 Å². The highest BCUT2D eigenvalue weighted by atomic mass is 32.2. The first-order valence-corrected chi connectivity index (χ1v) is 10.5. The number of nitrogens with zero attached hydrogens (tertiary/aromatic N) is 3. The Labute approximate surface area is 186 Å². The summed E-state index contributed by atoms with van der Waals surface area (Å²) >= 11 is 1.23. The fourth-order valence-electron chi connectivity index (χ4n) is 3.05. The van der Waals surface area contributed by atoms with Crippen LogP contribution in [0.4, 0.5) is 5.69 Å². The molecule has 0 saturated carbocycles. The lowest BCUT2D eigenvalue weighted by atomic mass is 10.2. The van der Waals surface area contributed by atoms with Gasteiger partial charge in [-0.3, -0.25) is 35.1 Å². The second-order valence-corrected chi connectivity index (χ2v) is 7.59. The molecule has 3 aromatic carbocycles. The van der Waals surface area contributed by atoms with Crippen molar-refractivity contribution in [1.29, 1.82) is 0 Å². The van der Waals surface area contributed by atoms with E-state index in [0.29, 0.717) is 5.16 Å². The van der Waals surface area contributed by atoms with Gasteiger partial charge in [-0.05, 0) is 30.3 Å². The average Bonchev–Trinajstić information content (AvgIpc) is 3.20. The fourth-order valence-corrected chi connectivity index (χ4v) is 3.88. The third-order valence-electron chi connectivity index (χ3n) is 4.51. The van der Waals surface area contributed by atoms with Crippen LogP contribution >= 0.6 is 11.8 Å². The van der Waals surface area contributed by atoms with Crippen LogP contribution in [0, 0.1) is 10.1 Å². The predicted octanol–water partition coefficient (Wildman–Crippen LogP) is 3.49. The standard InChI is InChI=1S/C22H17N5O4S/c28-20(24-25-21(29)15-7-6-10-17(13-15)27(30)31)14-32-22-23-18-11-4-5-12-19(18)26(22)16-8-2-1-3-9-16/h1-13H,14H2,(H,24,28)(H,25,29). The molecule has 2 N–H and O–H groups in total. The van der Waals surface area contributed by atoms with Crippen LogP contribution in [0.5, 0.6) is 0 Å². The Morgan fingerprint density at radius 2 is 1.72 bits per heavy atom. The van der Waals surface area contributed by atoms with Crippen LogP contribution in [0.2, 0.25) is 0 Å². The van der Waals surface area contributed by atoms with Crippen molar-refractivity contribution in [3.8, 4) is 5.69 Å². The van der Waals surface area contributed by atoms with Crippen molar-refractivity contribution < 1.29 is 14.5 Å². The van der Waals surface area contributed by atoms with Gasteiger partial charge in [0.15, 0.2) is 5.16 Å². The molecule has 0 atom stereocenters. The summed E-state index contributed by atoms with van der Waals surface area (Å²) in [5, 5.41) is 11.5. The summed E-state index contributed by atoms with van der Waals surface area (Å²) in [6.45, 7) is 0. The Morgan fingerprint density at radius 3 is 2.50 bits per heavy atom. The van der Waals surface area contributed by atoms with E-state index in [0.717, 1.165) is 22.8 Å². The molecule has 4 aromatic rings. The molecular formula is C22H17N5O4S. The minimum atomic E-state index is -0.649. The number of hydrogen-bond donors (Lipinski definition) is 2. The highest BCUT2D eigenvalue weighted by Gasteiger charge is 2.15. The van der Waals surface area contributed by atoms with Gasteiger partial charge in [0, 0.05) is 23.4 Å². The van der Waals surface area contributed by atoms with Crippen molar-refractivity contribution in [2.75, 3.05) is 5.75 Å². The van der Waals surface area contributed by atoms with E-state index in [1.54, 1.807) is 0 Å². The van der Waals surface area contributed by atoms with E-state index in [1.807, 2.05) is 59.2 Å². The zero-order chi connectivity index (χ0) is 22.5. The topological polar surface area (TPSA) is 119 Å². The van der Waals surface area contributed by atoms with Crippen LogP contribution in [-0.2, 0) is 4.79 Å². The molecule has 0 radical (unpaired) electrons. The number of nitro benzene ring substituents is 1. The Hall–Kier alpha value is -4.18. The maximum atomic E-state index is 12.3. The van der Waals surface area contributed by atoms with Crippen LogP contribution in [0.25, 0.3) is 16.7 Å². The zero-order valence-corrected chi connectivity index (χ0v) is 17.4. The number of carbonyl (C=O) groups is 2. The van der Waals surface area contributed by atoms with Crippen molar-refractivity contribution in [3.05, 3.63) is 94.5 Å². The van der Waals surface area contributed by atoms with Crippen molar-refractivity contribution >= 4 is 40.3 Å². The fraction of sp³-hybridized carbons (Fsp3) is 0.0455. The van der Waals surface area contributed by atoms with E-state index in [4.69, 9.17) is 0 Å². The van der Waals surface area contributed by atoms with E-state index in [-0.39, 0.29) is 17.0 Å². The molecule has 32 heavy (non-hydrogen) atoms.